The van der Waals surface area contributed by atoms with Gasteiger partial charge in [0.1, 0.15) is 11.9 Å². The van der Waals surface area contributed by atoms with E-state index in [4.69, 9.17) is 4.74 Å². The maximum atomic E-state index is 12.0. The van der Waals surface area contributed by atoms with Crippen LogP contribution in [-0.4, -0.2) is 35.5 Å². The molecule has 1 fully saturated rings. The molecule has 0 bridgehead atoms. The lowest BCUT2D eigenvalue weighted by molar-refractivity contribution is -0.115. The van der Waals surface area contributed by atoms with Gasteiger partial charge in [-0.05, 0) is 40.0 Å². The molecular weight excluding hydrogens is 218 g/mol. The minimum absolute atomic E-state index is 0.0498. The molecular formula is C13H23NO3. The van der Waals surface area contributed by atoms with E-state index in [2.05, 4.69) is 0 Å². The summed E-state index contributed by atoms with van der Waals surface area (Å²) in [5.41, 5.74) is -0.471. The molecule has 4 heteroatoms. The zero-order valence-electron chi connectivity index (χ0n) is 11.4. The molecule has 1 aliphatic rings. The molecule has 0 aromatic carbocycles. The van der Waals surface area contributed by atoms with Gasteiger partial charge >= 0.3 is 6.09 Å². The summed E-state index contributed by atoms with van der Waals surface area (Å²) in [6.07, 6.45) is 1.46. The zero-order chi connectivity index (χ0) is 13.2. The first-order valence-electron chi connectivity index (χ1n) is 6.21. The van der Waals surface area contributed by atoms with Crippen molar-refractivity contribution in [3.63, 3.8) is 0 Å². The van der Waals surface area contributed by atoms with Crippen LogP contribution in [0.4, 0.5) is 4.79 Å². The maximum absolute atomic E-state index is 12.0. The summed E-state index contributed by atoms with van der Waals surface area (Å²) in [4.78, 5) is 24.6. The largest absolute Gasteiger partial charge is 0.444 e. The van der Waals surface area contributed by atoms with Crippen LogP contribution in [0.15, 0.2) is 0 Å². The molecule has 98 valence electrons. The Bertz CT molecular complexity index is 296. The normalized spacial score (nSPS) is 29.9. The van der Waals surface area contributed by atoms with Crippen molar-refractivity contribution in [1.82, 2.24) is 4.90 Å². The number of rotatable bonds is 1. The van der Waals surface area contributed by atoms with Crippen molar-refractivity contribution < 1.29 is 14.3 Å². The first-order chi connectivity index (χ1) is 7.76. The van der Waals surface area contributed by atoms with Crippen molar-refractivity contribution in [3.05, 3.63) is 0 Å². The molecule has 0 N–H and O–H groups in total. The van der Waals surface area contributed by atoms with Crippen LogP contribution in [0.25, 0.3) is 0 Å². The van der Waals surface area contributed by atoms with E-state index in [1.54, 1.807) is 4.90 Å². The minimum atomic E-state index is -0.471. The standard InChI is InChI=1S/C13H23NO3/c1-9-10(2)14(7-6-11(9)8-15)12(16)17-13(3,4)5/h8-11H,6-7H2,1-5H3. The molecule has 4 nitrogen and oxygen atoms in total. The van der Waals surface area contributed by atoms with Gasteiger partial charge in [0, 0.05) is 18.5 Å². The molecule has 0 radical (unpaired) electrons. The van der Waals surface area contributed by atoms with Gasteiger partial charge in [-0.1, -0.05) is 6.92 Å². The molecule has 1 amide bonds. The van der Waals surface area contributed by atoms with Crippen LogP contribution in [0.1, 0.15) is 41.0 Å². The predicted molar refractivity (Wildman–Crippen MR) is 65.7 cm³/mol. The fourth-order valence-corrected chi connectivity index (χ4v) is 2.17. The third kappa shape index (κ3) is 3.45. The van der Waals surface area contributed by atoms with Gasteiger partial charge in [0.25, 0.3) is 0 Å². The summed E-state index contributed by atoms with van der Waals surface area (Å²) in [5.74, 6) is 0.248. The number of piperidine rings is 1. The van der Waals surface area contributed by atoms with E-state index in [-0.39, 0.29) is 24.0 Å². The monoisotopic (exact) mass is 241 g/mol. The lowest BCUT2D eigenvalue weighted by atomic mass is 9.83. The second-order valence-electron chi connectivity index (χ2n) is 5.86. The summed E-state index contributed by atoms with van der Waals surface area (Å²) < 4.78 is 5.36. The molecule has 17 heavy (non-hydrogen) atoms. The number of carbonyl (C=O) groups excluding carboxylic acids is 2. The van der Waals surface area contributed by atoms with Crippen molar-refractivity contribution >= 4 is 12.4 Å². The Kier molecular flexibility index (Phi) is 4.17. The fraction of sp³-hybridized carbons (Fsp3) is 0.846. The summed E-state index contributed by atoms with van der Waals surface area (Å²) in [6, 6.07) is 0.0498. The second kappa shape index (κ2) is 5.07. The number of ether oxygens (including phenoxy) is 1. The van der Waals surface area contributed by atoms with Crippen LogP contribution in [0, 0.1) is 11.8 Å². The number of hydrogen-bond donors (Lipinski definition) is 0. The van der Waals surface area contributed by atoms with Crippen LogP contribution in [0.5, 0.6) is 0 Å². The Hall–Kier alpha value is -1.06. The van der Waals surface area contributed by atoms with Gasteiger partial charge in [0.15, 0.2) is 0 Å². The Labute approximate surface area is 103 Å². The van der Waals surface area contributed by atoms with Crippen molar-refractivity contribution in [1.29, 1.82) is 0 Å². The molecule has 3 atom stereocenters. The fourth-order valence-electron chi connectivity index (χ4n) is 2.17. The van der Waals surface area contributed by atoms with Crippen molar-refractivity contribution in [2.75, 3.05) is 6.54 Å². The van der Waals surface area contributed by atoms with Gasteiger partial charge in [-0.25, -0.2) is 4.79 Å². The van der Waals surface area contributed by atoms with Gasteiger partial charge < -0.3 is 14.4 Å². The van der Waals surface area contributed by atoms with Gasteiger partial charge in [-0.15, -0.1) is 0 Å². The third-order valence-electron chi connectivity index (χ3n) is 3.43. The predicted octanol–water partition coefficient (Wildman–Crippen LogP) is 2.47. The Morgan fingerprint density at radius 1 is 1.35 bits per heavy atom. The Morgan fingerprint density at radius 3 is 2.41 bits per heavy atom. The molecule has 0 aliphatic carbocycles. The van der Waals surface area contributed by atoms with Crippen LogP contribution in [-0.2, 0) is 9.53 Å². The molecule has 1 rings (SSSR count). The SMILES string of the molecule is CC1C(C=O)CCN(C(=O)OC(C)(C)C)C1C. The maximum Gasteiger partial charge on any atom is 0.410 e. The lowest BCUT2D eigenvalue weighted by Gasteiger charge is -2.41. The first kappa shape index (κ1) is 14.0. The molecule has 0 aromatic heterocycles. The molecule has 1 aliphatic heterocycles. The summed E-state index contributed by atoms with van der Waals surface area (Å²) >= 11 is 0. The highest BCUT2D eigenvalue weighted by molar-refractivity contribution is 5.69. The highest BCUT2D eigenvalue weighted by atomic mass is 16.6. The minimum Gasteiger partial charge on any atom is -0.444 e. The number of amides is 1. The van der Waals surface area contributed by atoms with E-state index in [9.17, 15) is 9.59 Å². The van der Waals surface area contributed by atoms with E-state index in [0.717, 1.165) is 12.7 Å². The quantitative estimate of drug-likeness (QED) is 0.662. The van der Waals surface area contributed by atoms with Crippen LogP contribution >= 0.6 is 0 Å². The first-order valence-corrected chi connectivity index (χ1v) is 6.21. The van der Waals surface area contributed by atoms with Gasteiger partial charge in [0.2, 0.25) is 0 Å². The van der Waals surface area contributed by atoms with Crippen molar-refractivity contribution in [2.45, 2.75) is 52.7 Å². The van der Waals surface area contributed by atoms with Crippen molar-refractivity contribution in [2.24, 2.45) is 11.8 Å². The number of carbonyl (C=O) groups is 2. The van der Waals surface area contributed by atoms with E-state index in [0.29, 0.717) is 6.54 Å². The average Bonchev–Trinajstić information content (AvgIpc) is 2.19. The van der Waals surface area contributed by atoms with E-state index < -0.39 is 5.60 Å². The van der Waals surface area contributed by atoms with Gasteiger partial charge in [-0.2, -0.15) is 0 Å². The zero-order valence-corrected chi connectivity index (χ0v) is 11.4. The number of likely N-dealkylation sites (tertiary alicyclic amines) is 1. The smallest absolute Gasteiger partial charge is 0.410 e. The number of nitrogens with zero attached hydrogens (tertiary/aromatic N) is 1. The van der Waals surface area contributed by atoms with Crippen molar-refractivity contribution in [3.8, 4) is 0 Å². The molecule has 1 saturated heterocycles. The average molecular weight is 241 g/mol. The Morgan fingerprint density at radius 2 is 1.94 bits per heavy atom. The molecule has 1 heterocycles. The summed E-state index contributed by atoms with van der Waals surface area (Å²) in [7, 11) is 0. The van der Waals surface area contributed by atoms with E-state index in [1.807, 2.05) is 34.6 Å². The van der Waals surface area contributed by atoms with Gasteiger partial charge in [-0.3, -0.25) is 0 Å². The van der Waals surface area contributed by atoms with Crippen LogP contribution in [0.2, 0.25) is 0 Å². The third-order valence-corrected chi connectivity index (χ3v) is 3.43. The van der Waals surface area contributed by atoms with Crippen LogP contribution < -0.4 is 0 Å². The topological polar surface area (TPSA) is 46.6 Å². The molecule has 0 saturated carbocycles. The summed E-state index contributed by atoms with van der Waals surface area (Å²) in [6.45, 7) is 10.2. The molecule has 3 unspecified atom stereocenters. The highest BCUT2D eigenvalue weighted by Gasteiger charge is 2.36. The van der Waals surface area contributed by atoms with Crippen LogP contribution in [0.3, 0.4) is 0 Å². The second-order valence-corrected chi connectivity index (χ2v) is 5.86. The molecule has 0 spiro atoms. The highest BCUT2D eigenvalue weighted by Crippen LogP contribution is 2.28. The van der Waals surface area contributed by atoms with E-state index in [1.165, 1.54) is 0 Å². The van der Waals surface area contributed by atoms with E-state index >= 15 is 0 Å². The Balaban J connectivity index is 2.67. The summed E-state index contributed by atoms with van der Waals surface area (Å²) in [5, 5.41) is 0. The number of hydrogen-bond acceptors (Lipinski definition) is 3. The van der Waals surface area contributed by atoms with Gasteiger partial charge in [0.05, 0.1) is 0 Å². The number of aldehydes is 1. The lowest BCUT2D eigenvalue weighted by Crippen LogP contribution is -2.51. The molecule has 0 aromatic rings.